The number of pyridine rings is 2. The van der Waals surface area contributed by atoms with Gasteiger partial charge in [0.2, 0.25) is 0 Å². The molecule has 2 aromatic heterocycles. The molecule has 0 saturated carbocycles. The first-order chi connectivity index (χ1) is 14.1. The van der Waals surface area contributed by atoms with E-state index in [1.807, 2.05) is 48.5 Å². The number of nitrogens with zero attached hydrogens (tertiary/aromatic N) is 4. The van der Waals surface area contributed by atoms with E-state index in [1.54, 1.807) is 12.4 Å². The molecule has 0 aliphatic carbocycles. The van der Waals surface area contributed by atoms with E-state index in [0.29, 0.717) is 5.56 Å². The van der Waals surface area contributed by atoms with Gasteiger partial charge in [0.05, 0.1) is 11.3 Å². The maximum atomic E-state index is 12.7. The lowest BCUT2D eigenvalue weighted by Gasteiger charge is -2.33. The zero-order valence-corrected chi connectivity index (χ0v) is 18.3. The van der Waals surface area contributed by atoms with Crippen LogP contribution in [0.3, 0.4) is 0 Å². The minimum absolute atomic E-state index is 0.171. The Hall–Kier alpha value is -2.52. The Morgan fingerprint density at radius 3 is 2.55 bits per heavy atom. The molecule has 0 spiro atoms. The fourth-order valence-corrected chi connectivity index (χ4v) is 3.88. The van der Waals surface area contributed by atoms with Crippen LogP contribution in [-0.2, 0) is 0 Å². The van der Waals surface area contributed by atoms with Gasteiger partial charge in [0.25, 0.3) is 5.91 Å². The van der Waals surface area contributed by atoms with Gasteiger partial charge < -0.3 is 15.1 Å². The van der Waals surface area contributed by atoms with Gasteiger partial charge in [-0.2, -0.15) is 0 Å². The average Bonchev–Trinajstić information content (AvgIpc) is 2.76. The molecular formula is C22H22IN5O. The number of carbonyl (C=O) groups excluding carboxylic acids is 1. The largest absolute Gasteiger partial charge is 0.354 e. The third kappa shape index (κ3) is 4.73. The third-order valence-electron chi connectivity index (χ3n) is 5.00. The summed E-state index contributed by atoms with van der Waals surface area (Å²) < 4.78 is 1.08. The molecule has 1 saturated heterocycles. The summed E-state index contributed by atoms with van der Waals surface area (Å²) in [6.45, 7) is 3.95. The van der Waals surface area contributed by atoms with Gasteiger partial charge in [0.1, 0.15) is 5.82 Å². The summed E-state index contributed by atoms with van der Waals surface area (Å²) in [4.78, 5) is 26.2. The van der Waals surface area contributed by atoms with Crippen LogP contribution in [0.5, 0.6) is 0 Å². The lowest BCUT2D eigenvalue weighted by molar-refractivity contribution is 0.102. The number of anilines is 2. The smallest absolute Gasteiger partial charge is 0.257 e. The van der Waals surface area contributed by atoms with Crippen molar-refractivity contribution in [2.75, 3.05) is 43.4 Å². The highest BCUT2D eigenvalue weighted by molar-refractivity contribution is 14.1. The molecule has 0 bridgehead atoms. The number of benzene rings is 1. The summed E-state index contributed by atoms with van der Waals surface area (Å²) in [6, 6.07) is 15.4. The summed E-state index contributed by atoms with van der Waals surface area (Å²) in [6.07, 6.45) is 3.42. The molecule has 3 aromatic rings. The minimum Gasteiger partial charge on any atom is -0.354 e. The van der Waals surface area contributed by atoms with Crippen LogP contribution in [0.1, 0.15) is 10.4 Å². The van der Waals surface area contributed by atoms with Crippen LogP contribution in [0.4, 0.5) is 11.5 Å². The van der Waals surface area contributed by atoms with Crippen molar-refractivity contribution in [1.82, 2.24) is 14.9 Å². The summed E-state index contributed by atoms with van der Waals surface area (Å²) >= 11 is 2.28. The van der Waals surface area contributed by atoms with Crippen molar-refractivity contribution >= 4 is 40.0 Å². The Kier molecular flexibility index (Phi) is 6.05. The number of piperazine rings is 1. The Labute approximate surface area is 184 Å². The van der Waals surface area contributed by atoms with Crippen LogP contribution < -0.4 is 10.2 Å². The van der Waals surface area contributed by atoms with Crippen molar-refractivity contribution < 1.29 is 4.79 Å². The van der Waals surface area contributed by atoms with Gasteiger partial charge in [-0.1, -0.05) is 6.07 Å². The van der Waals surface area contributed by atoms with Gasteiger partial charge in [-0.05, 0) is 72.1 Å². The molecule has 148 valence electrons. The van der Waals surface area contributed by atoms with Gasteiger partial charge in [-0.3, -0.25) is 9.78 Å². The number of amides is 1. The predicted octanol–water partition coefficient (Wildman–Crippen LogP) is 3.75. The Bertz CT molecular complexity index is 986. The minimum atomic E-state index is -0.171. The first-order valence-corrected chi connectivity index (χ1v) is 10.6. The van der Waals surface area contributed by atoms with Crippen molar-refractivity contribution in [3.05, 3.63) is 70.1 Å². The number of aromatic nitrogens is 2. The van der Waals surface area contributed by atoms with E-state index in [4.69, 9.17) is 0 Å². The summed E-state index contributed by atoms with van der Waals surface area (Å²) in [5.41, 5.74) is 3.15. The number of nitrogens with one attached hydrogen (secondary N) is 1. The van der Waals surface area contributed by atoms with Crippen LogP contribution in [-0.4, -0.2) is 54.0 Å². The molecule has 0 radical (unpaired) electrons. The fourth-order valence-electron chi connectivity index (χ4n) is 3.27. The van der Waals surface area contributed by atoms with Gasteiger partial charge >= 0.3 is 0 Å². The zero-order valence-electron chi connectivity index (χ0n) is 16.2. The van der Waals surface area contributed by atoms with Gasteiger partial charge in [-0.25, -0.2) is 4.98 Å². The number of likely N-dealkylation sites (N-methyl/N-ethyl adjacent to an activating group) is 1. The molecule has 1 aliphatic heterocycles. The number of rotatable bonds is 4. The van der Waals surface area contributed by atoms with E-state index in [-0.39, 0.29) is 5.91 Å². The van der Waals surface area contributed by atoms with Crippen LogP contribution >= 0.6 is 22.6 Å². The Balaban J connectivity index is 1.47. The maximum Gasteiger partial charge on any atom is 0.257 e. The highest BCUT2D eigenvalue weighted by atomic mass is 127. The lowest BCUT2D eigenvalue weighted by Crippen LogP contribution is -2.44. The van der Waals surface area contributed by atoms with E-state index in [9.17, 15) is 4.79 Å². The van der Waals surface area contributed by atoms with Crippen molar-refractivity contribution in [2.24, 2.45) is 0 Å². The highest BCUT2D eigenvalue weighted by Crippen LogP contribution is 2.27. The molecule has 6 nitrogen and oxygen atoms in total. The van der Waals surface area contributed by atoms with Crippen LogP contribution in [0.25, 0.3) is 11.3 Å². The number of hydrogen-bond donors (Lipinski definition) is 1. The fraction of sp³-hybridized carbons (Fsp3) is 0.227. The lowest BCUT2D eigenvalue weighted by atomic mass is 10.1. The second kappa shape index (κ2) is 8.87. The second-order valence-corrected chi connectivity index (χ2v) is 8.22. The summed E-state index contributed by atoms with van der Waals surface area (Å²) in [5, 5.41) is 2.97. The summed E-state index contributed by atoms with van der Waals surface area (Å²) in [7, 11) is 2.13. The van der Waals surface area contributed by atoms with Gasteiger partial charge in [0.15, 0.2) is 0 Å². The summed E-state index contributed by atoms with van der Waals surface area (Å²) in [5.74, 6) is 0.747. The molecule has 1 N–H and O–H groups in total. The number of carbonyl (C=O) groups is 1. The van der Waals surface area contributed by atoms with Crippen molar-refractivity contribution in [3.8, 4) is 11.3 Å². The molecule has 1 aromatic carbocycles. The SMILES string of the molecule is CN1CCN(c2ccc(C(=O)Nc3ccc(I)c(-c4ccccn4)c3)cn2)CC1. The average molecular weight is 499 g/mol. The van der Waals surface area contributed by atoms with Crippen LogP contribution in [0.2, 0.25) is 0 Å². The zero-order chi connectivity index (χ0) is 20.2. The van der Waals surface area contributed by atoms with Crippen molar-refractivity contribution in [2.45, 2.75) is 0 Å². The quantitative estimate of drug-likeness (QED) is 0.555. The Morgan fingerprint density at radius 1 is 1.03 bits per heavy atom. The standard InChI is InChI=1S/C22H22IN5O/c1-27-10-12-28(13-11-27)21-8-5-16(15-25-21)22(29)26-17-6-7-19(23)18(14-17)20-4-2-3-9-24-20/h2-9,14-15H,10-13H2,1H3,(H,26,29). The third-order valence-corrected chi connectivity index (χ3v) is 5.94. The molecule has 7 heteroatoms. The normalized spacial score (nSPS) is 14.6. The molecule has 29 heavy (non-hydrogen) atoms. The van der Waals surface area contributed by atoms with E-state index in [0.717, 1.165) is 52.5 Å². The van der Waals surface area contributed by atoms with Crippen LogP contribution in [0, 0.1) is 3.57 Å². The molecule has 0 unspecified atom stereocenters. The molecular weight excluding hydrogens is 477 g/mol. The molecule has 0 atom stereocenters. The van der Waals surface area contributed by atoms with E-state index in [2.05, 4.69) is 54.7 Å². The van der Waals surface area contributed by atoms with Crippen LogP contribution in [0.15, 0.2) is 60.9 Å². The second-order valence-electron chi connectivity index (χ2n) is 7.06. The van der Waals surface area contributed by atoms with Gasteiger partial charge in [-0.15, -0.1) is 0 Å². The highest BCUT2D eigenvalue weighted by Gasteiger charge is 2.16. The van der Waals surface area contributed by atoms with E-state index >= 15 is 0 Å². The molecule has 1 fully saturated rings. The molecule has 1 amide bonds. The predicted molar refractivity (Wildman–Crippen MR) is 124 cm³/mol. The molecule has 1 aliphatic rings. The first kappa shape index (κ1) is 19.8. The Morgan fingerprint density at radius 2 is 1.86 bits per heavy atom. The topological polar surface area (TPSA) is 61.4 Å². The molecule has 3 heterocycles. The van der Waals surface area contributed by atoms with Crippen molar-refractivity contribution in [3.63, 3.8) is 0 Å². The number of halogens is 1. The van der Waals surface area contributed by atoms with E-state index in [1.165, 1.54) is 0 Å². The van der Waals surface area contributed by atoms with E-state index < -0.39 is 0 Å². The van der Waals surface area contributed by atoms with Gasteiger partial charge in [0, 0.05) is 53.4 Å². The maximum absolute atomic E-state index is 12.7. The van der Waals surface area contributed by atoms with Crippen molar-refractivity contribution in [1.29, 1.82) is 0 Å². The monoisotopic (exact) mass is 499 g/mol. The molecule has 4 rings (SSSR count). The number of hydrogen-bond acceptors (Lipinski definition) is 5. The first-order valence-electron chi connectivity index (χ1n) is 9.52.